The van der Waals surface area contributed by atoms with Crippen molar-refractivity contribution in [3.63, 3.8) is 0 Å². The van der Waals surface area contributed by atoms with E-state index in [0.29, 0.717) is 18.9 Å². The molecule has 0 aliphatic heterocycles. The first-order valence-electron chi connectivity index (χ1n) is 6.43. The third kappa shape index (κ3) is 7.77. The van der Waals surface area contributed by atoms with Gasteiger partial charge < -0.3 is 10.2 Å². The first-order valence-corrected chi connectivity index (χ1v) is 6.43. The number of rotatable bonds is 7. The van der Waals surface area contributed by atoms with Crippen LogP contribution in [0.4, 0.5) is 0 Å². The van der Waals surface area contributed by atoms with Crippen LogP contribution < -0.4 is 5.32 Å². The molecule has 0 fully saturated rings. The fourth-order valence-corrected chi connectivity index (χ4v) is 1.47. The zero-order valence-electron chi connectivity index (χ0n) is 11.7. The van der Waals surface area contributed by atoms with Crippen molar-refractivity contribution >= 4 is 11.8 Å². The molecular weight excluding hydrogens is 216 g/mol. The van der Waals surface area contributed by atoms with Gasteiger partial charge in [0.15, 0.2) is 0 Å². The highest BCUT2D eigenvalue weighted by molar-refractivity contribution is 5.84. The van der Waals surface area contributed by atoms with E-state index in [1.165, 1.54) is 0 Å². The predicted octanol–water partition coefficient (Wildman–Crippen LogP) is 1.80. The second-order valence-electron chi connectivity index (χ2n) is 5.07. The van der Waals surface area contributed by atoms with Crippen molar-refractivity contribution in [2.75, 3.05) is 13.1 Å². The van der Waals surface area contributed by atoms with Crippen LogP contribution in [0.2, 0.25) is 0 Å². The zero-order valence-corrected chi connectivity index (χ0v) is 11.7. The Morgan fingerprint density at radius 1 is 1.18 bits per heavy atom. The van der Waals surface area contributed by atoms with Crippen LogP contribution in [0.25, 0.3) is 0 Å². The van der Waals surface area contributed by atoms with Gasteiger partial charge in [-0.3, -0.25) is 9.59 Å². The molecule has 2 amide bonds. The molecule has 100 valence electrons. The van der Waals surface area contributed by atoms with E-state index in [1.54, 1.807) is 4.90 Å². The average molecular weight is 242 g/mol. The van der Waals surface area contributed by atoms with Crippen molar-refractivity contribution in [3.05, 3.63) is 0 Å². The number of amides is 2. The fraction of sp³-hybridized carbons (Fsp3) is 0.846. The van der Waals surface area contributed by atoms with E-state index in [2.05, 4.69) is 19.2 Å². The van der Waals surface area contributed by atoms with E-state index in [0.717, 1.165) is 6.42 Å². The number of nitrogens with zero attached hydrogens (tertiary/aromatic N) is 1. The highest BCUT2D eigenvalue weighted by Gasteiger charge is 2.16. The van der Waals surface area contributed by atoms with Gasteiger partial charge >= 0.3 is 0 Å². The number of hydrogen-bond acceptors (Lipinski definition) is 2. The van der Waals surface area contributed by atoms with Crippen LogP contribution >= 0.6 is 0 Å². The van der Waals surface area contributed by atoms with Crippen molar-refractivity contribution in [2.45, 2.75) is 53.5 Å². The second-order valence-corrected chi connectivity index (χ2v) is 5.07. The molecule has 0 aromatic rings. The molecule has 0 radical (unpaired) electrons. The molecule has 0 unspecified atom stereocenters. The predicted molar refractivity (Wildman–Crippen MR) is 69.6 cm³/mol. The molecule has 0 saturated carbocycles. The molecule has 1 N–H and O–H groups in total. The molecule has 17 heavy (non-hydrogen) atoms. The summed E-state index contributed by atoms with van der Waals surface area (Å²) in [6.07, 6.45) is 1.38. The largest absolute Gasteiger partial charge is 0.352 e. The maximum absolute atomic E-state index is 11.7. The van der Waals surface area contributed by atoms with E-state index < -0.39 is 0 Å². The maximum atomic E-state index is 11.7. The Morgan fingerprint density at radius 3 is 2.18 bits per heavy atom. The molecule has 0 aromatic carbocycles. The van der Waals surface area contributed by atoms with E-state index >= 15 is 0 Å². The first kappa shape index (κ1) is 15.9. The van der Waals surface area contributed by atoms with Crippen molar-refractivity contribution < 1.29 is 9.59 Å². The van der Waals surface area contributed by atoms with Gasteiger partial charge in [0.25, 0.3) is 0 Å². The normalized spacial score (nSPS) is 10.8. The summed E-state index contributed by atoms with van der Waals surface area (Å²) in [6.45, 7) is 10.7. The monoisotopic (exact) mass is 242 g/mol. The van der Waals surface area contributed by atoms with Gasteiger partial charge in [0.2, 0.25) is 11.8 Å². The summed E-state index contributed by atoms with van der Waals surface area (Å²) in [4.78, 5) is 25.0. The molecule has 0 spiro atoms. The van der Waals surface area contributed by atoms with Crippen LogP contribution in [0, 0.1) is 5.92 Å². The lowest BCUT2D eigenvalue weighted by atomic mass is 10.1. The van der Waals surface area contributed by atoms with Crippen molar-refractivity contribution in [1.29, 1.82) is 0 Å². The highest BCUT2D eigenvalue weighted by atomic mass is 16.2. The standard InChI is InChI=1S/C13H26N2O2/c1-6-13(17)15(8-7-10(2)3)9-12(16)14-11(4)5/h10-11H,6-9H2,1-5H3,(H,14,16). The third-order valence-electron chi connectivity index (χ3n) is 2.42. The Bertz CT molecular complexity index is 250. The maximum Gasteiger partial charge on any atom is 0.239 e. The second kappa shape index (κ2) is 8.09. The lowest BCUT2D eigenvalue weighted by Crippen LogP contribution is -2.43. The summed E-state index contributed by atoms with van der Waals surface area (Å²) in [7, 11) is 0. The van der Waals surface area contributed by atoms with Gasteiger partial charge in [0, 0.05) is 19.0 Å². The lowest BCUT2D eigenvalue weighted by molar-refractivity contribution is -0.136. The van der Waals surface area contributed by atoms with E-state index in [1.807, 2.05) is 20.8 Å². The molecule has 0 saturated heterocycles. The van der Waals surface area contributed by atoms with Crippen molar-refractivity contribution in [1.82, 2.24) is 10.2 Å². The molecule has 0 heterocycles. The molecule has 0 rings (SSSR count). The van der Waals surface area contributed by atoms with Crippen LogP contribution in [0.15, 0.2) is 0 Å². The summed E-state index contributed by atoms with van der Waals surface area (Å²) < 4.78 is 0. The van der Waals surface area contributed by atoms with Gasteiger partial charge in [-0.05, 0) is 26.2 Å². The Morgan fingerprint density at radius 2 is 1.76 bits per heavy atom. The molecule has 0 aliphatic rings. The van der Waals surface area contributed by atoms with E-state index in [-0.39, 0.29) is 24.4 Å². The smallest absolute Gasteiger partial charge is 0.239 e. The summed E-state index contributed by atoms with van der Waals surface area (Å²) >= 11 is 0. The number of nitrogens with one attached hydrogen (secondary N) is 1. The molecule has 4 heteroatoms. The quantitative estimate of drug-likeness (QED) is 0.740. The van der Waals surface area contributed by atoms with Crippen molar-refractivity contribution in [3.8, 4) is 0 Å². The molecule has 0 bridgehead atoms. The van der Waals surface area contributed by atoms with E-state index in [9.17, 15) is 9.59 Å². The van der Waals surface area contributed by atoms with Gasteiger partial charge in [0.05, 0.1) is 6.54 Å². The Hall–Kier alpha value is -1.06. The minimum Gasteiger partial charge on any atom is -0.352 e. The Balaban J connectivity index is 4.28. The molecular formula is C13H26N2O2. The third-order valence-corrected chi connectivity index (χ3v) is 2.42. The van der Waals surface area contributed by atoms with Gasteiger partial charge in [0.1, 0.15) is 0 Å². The average Bonchev–Trinajstić information content (AvgIpc) is 2.21. The Labute approximate surface area is 105 Å². The number of carbonyl (C=O) groups is 2. The fourth-order valence-electron chi connectivity index (χ4n) is 1.47. The van der Waals surface area contributed by atoms with E-state index in [4.69, 9.17) is 0 Å². The first-order chi connectivity index (χ1) is 7.86. The zero-order chi connectivity index (χ0) is 13.4. The summed E-state index contributed by atoms with van der Waals surface area (Å²) in [5.74, 6) is 0.505. The van der Waals surface area contributed by atoms with Gasteiger partial charge in [-0.25, -0.2) is 0 Å². The molecule has 0 aliphatic carbocycles. The van der Waals surface area contributed by atoms with Gasteiger partial charge in [-0.15, -0.1) is 0 Å². The molecule has 4 nitrogen and oxygen atoms in total. The van der Waals surface area contributed by atoms with Crippen LogP contribution in [0.1, 0.15) is 47.5 Å². The summed E-state index contributed by atoms with van der Waals surface area (Å²) in [6, 6.07) is 0.117. The Kier molecular flexibility index (Phi) is 7.59. The van der Waals surface area contributed by atoms with Crippen molar-refractivity contribution in [2.24, 2.45) is 5.92 Å². The number of hydrogen-bond donors (Lipinski definition) is 1. The lowest BCUT2D eigenvalue weighted by Gasteiger charge is -2.23. The summed E-state index contributed by atoms with van der Waals surface area (Å²) in [5.41, 5.74) is 0. The molecule has 0 aromatic heterocycles. The molecule has 0 atom stereocenters. The van der Waals surface area contributed by atoms with Crippen LogP contribution in [-0.2, 0) is 9.59 Å². The van der Waals surface area contributed by atoms with Gasteiger partial charge in [-0.2, -0.15) is 0 Å². The number of carbonyl (C=O) groups excluding carboxylic acids is 2. The topological polar surface area (TPSA) is 49.4 Å². The summed E-state index contributed by atoms with van der Waals surface area (Å²) in [5, 5.41) is 2.81. The van der Waals surface area contributed by atoms with Crippen LogP contribution in [-0.4, -0.2) is 35.8 Å². The van der Waals surface area contributed by atoms with Crippen LogP contribution in [0.5, 0.6) is 0 Å². The van der Waals surface area contributed by atoms with Gasteiger partial charge in [-0.1, -0.05) is 20.8 Å². The SMILES string of the molecule is CCC(=O)N(CCC(C)C)CC(=O)NC(C)C. The minimum atomic E-state index is -0.0782. The minimum absolute atomic E-state index is 0.0459. The van der Waals surface area contributed by atoms with Crippen LogP contribution in [0.3, 0.4) is 0 Å². The highest BCUT2D eigenvalue weighted by Crippen LogP contribution is 2.03.